The highest BCUT2D eigenvalue weighted by atomic mass is 79.9. The molecule has 0 saturated heterocycles. The summed E-state index contributed by atoms with van der Waals surface area (Å²) in [6, 6.07) is 3.94. The SMILES string of the molecule is CCC(Oc1c(C)cc(Br)cc1CNCCOC)C(N)=O. The number of methoxy groups -OCH3 is 1. The molecule has 1 unspecified atom stereocenters. The number of hydrogen-bond acceptors (Lipinski definition) is 4. The molecular formula is C15H23BrN2O3. The van der Waals surface area contributed by atoms with Gasteiger partial charge in [-0.05, 0) is 31.0 Å². The lowest BCUT2D eigenvalue weighted by molar-refractivity contribution is -0.124. The van der Waals surface area contributed by atoms with E-state index in [-0.39, 0.29) is 0 Å². The Balaban J connectivity index is 2.91. The quantitative estimate of drug-likeness (QED) is 0.663. The summed E-state index contributed by atoms with van der Waals surface area (Å²) >= 11 is 3.48. The van der Waals surface area contributed by atoms with Gasteiger partial charge in [0.1, 0.15) is 5.75 Å². The molecule has 1 amide bonds. The van der Waals surface area contributed by atoms with Crippen LogP contribution in [-0.4, -0.2) is 32.3 Å². The standard InChI is InChI=1S/C15H23BrN2O3/c1-4-13(15(17)19)21-14-10(2)7-12(16)8-11(14)9-18-5-6-20-3/h7-8,13,18H,4-6,9H2,1-3H3,(H2,17,19). The maximum atomic E-state index is 11.4. The predicted octanol–water partition coefficient (Wildman–Crippen LogP) is 2.14. The highest BCUT2D eigenvalue weighted by Crippen LogP contribution is 2.29. The van der Waals surface area contributed by atoms with E-state index < -0.39 is 12.0 Å². The average molecular weight is 359 g/mol. The van der Waals surface area contributed by atoms with Crippen LogP contribution in [0.2, 0.25) is 0 Å². The van der Waals surface area contributed by atoms with Gasteiger partial charge in [-0.1, -0.05) is 22.9 Å². The van der Waals surface area contributed by atoms with Gasteiger partial charge in [-0.25, -0.2) is 0 Å². The number of primary amides is 1. The predicted molar refractivity (Wildman–Crippen MR) is 86.4 cm³/mol. The van der Waals surface area contributed by atoms with E-state index in [1.165, 1.54) is 0 Å². The van der Waals surface area contributed by atoms with Crippen molar-refractivity contribution in [2.75, 3.05) is 20.3 Å². The molecule has 0 aliphatic carbocycles. The second-order valence-electron chi connectivity index (χ2n) is 4.80. The molecule has 1 aromatic rings. The third kappa shape index (κ3) is 5.65. The Morgan fingerprint density at radius 3 is 2.76 bits per heavy atom. The fraction of sp³-hybridized carbons (Fsp3) is 0.533. The molecule has 0 bridgehead atoms. The summed E-state index contributed by atoms with van der Waals surface area (Å²) in [5.41, 5.74) is 7.31. The van der Waals surface area contributed by atoms with Crippen LogP contribution in [0.25, 0.3) is 0 Å². The van der Waals surface area contributed by atoms with Gasteiger partial charge in [0.05, 0.1) is 6.61 Å². The minimum Gasteiger partial charge on any atom is -0.480 e. The van der Waals surface area contributed by atoms with Crippen LogP contribution in [0, 0.1) is 6.92 Å². The first-order valence-electron chi connectivity index (χ1n) is 6.94. The van der Waals surface area contributed by atoms with Crippen molar-refractivity contribution < 1.29 is 14.3 Å². The van der Waals surface area contributed by atoms with E-state index in [0.717, 1.165) is 22.1 Å². The first kappa shape index (κ1) is 17.9. The smallest absolute Gasteiger partial charge is 0.258 e. The monoisotopic (exact) mass is 358 g/mol. The third-order valence-corrected chi connectivity index (χ3v) is 3.52. The first-order valence-corrected chi connectivity index (χ1v) is 7.73. The van der Waals surface area contributed by atoms with Crippen molar-refractivity contribution in [2.24, 2.45) is 5.73 Å². The molecular weight excluding hydrogens is 336 g/mol. The zero-order valence-electron chi connectivity index (χ0n) is 12.7. The van der Waals surface area contributed by atoms with Crippen molar-refractivity contribution in [2.45, 2.75) is 32.9 Å². The number of benzene rings is 1. The van der Waals surface area contributed by atoms with Crippen molar-refractivity contribution in [1.82, 2.24) is 5.32 Å². The molecule has 0 aromatic heterocycles. The Hall–Kier alpha value is -1.11. The Morgan fingerprint density at radius 2 is 2.19 bits per heavy atom. The molecule has 1 rings (SSSR count). The molecule has 0 aliphatic rings. The van der Waals surface area contributed by atoms with Crippen LogP contribution in [0.3, 0.4) is 0 Å². The van der Waals surface area contributed by atoms with E-state index in [1.54, 1.807) is 7.11 Å². The zero-order valence-corrected chi connectivity index (χ0v) is 14.3. The normalized spacial score (nSPS) is 12.2. The number of nitrogens with two attached hydrogens (primary N) is 1. The summed E-state index contributed by atoms with van der Waals surface area (Å²) in [6.07, 6.45) is -0.0657. The molecule has 1 aromatic carbocycles. The number of nitrogens with one attached hydrogen (secondary N) is 1. The molecule has 0 aliphatic heterocycles. The first-order chi connectivity index (χ1) is 9.99. The summed E-state index contributed by atoms with van der Waals surface area (Å²) in [7, 11) is 1.66. The molecule has 5 nitrogen and oxygen atoms in total. The van der Waals surface area contributed by atoms with Gasteiger partial charge >= 0.3 is 0 Å². The molecule has 0 heterocycles. The lowest BCUT2D eigenvalue weighted by Crippen LogP contribution is -2.33. The second kappa shape index (κ2) is 9.02. The number of amides is 1. The lowest BCUT2D eigenvalue weighted by Gasteiger charge is -2.20. The molecule has 6 heteroatoms. The van der Waals surface area contributed by atoms with Crippen molar-refractivity contribution in [1.29, 1.82) is 0 Å². The summed E-state index contributed by atoms with van der Waals surface area (Å²) < 4.78 is 11.8. The molecule has 3 N–H and O–H groups in total. The Morgan fingerprint density at radius 1 is 1.48 bits per heavy atom. The molecule has 118 valence electrons. The van der Waals surface area contributed by atoms with Gasteiger partial charge in [0.25, 0.3) is 5.91 Å². The van der Waals surface area contributed by atoms with E-state index in [2.05, 4.69) is 21.2 Å². The highest BCUT2D eigenvalue weighted by Gasteiger charge is 2.18. The van der Waals surface area contributed by atoms with Crippen molar-refractivity contribution in [3.63, 3.8) is 0 Å². The molecule has 0 radical (unpaired) electrons. The van der Waals surface area contributed by atoms with Gasteiger partial charge in [-0.3, -0.25) is 4.79 Å². The van der Waals surface area contributed by atoms with Gasteiger partial charge in [0.15, 0.2) is 6.10 Å². The van der Waals surface area contributed by atoms with E-state index >= 15 is 0 Å². The van der Waals surface area contributed by atoms with Gasteiger partial charge in [0, 0.05) is 30.2 Å². The van der Waals surface area contributed by atoms with E-state index in [1.807, 2.05) is 26.0 Å². The highest BCUT2D eigenvalue weighted by molar-refractivity contribution is 9.10. The Bertz CT molecular complexity index is 480. The van der Waals surface area contributed by atoms with Crippen LogP contribution in [-0.2, 0) is 16.1 Å². The van der Waals surface area contributed by atoms with Crippen molar-refractivity contribution >= 4 is 21.8 Å². The second-order valence-corrected chi connectivity index (χ2v) is 5.71. The van der Waals surface area contributed by atoms with Crippen LogP contribution >= 0.6 is 15.9 Å². The molecule has 1 atom stereocenters. The Kier molecular flexibility index (Phi) is 7.71. The van der Waals surface area contributed by atoms with Crippen LogP contribution < -0.4 is 15.8 Å². The fourth-order valence-corrected chi connectivity index (χ4v) is 2.60. The molecule has 0 spiro atoms. The minimum absolute atomic E-state index is 0.446. The van der Waals surface area contributed by atoms with Crippen LogP contribution in [0.4, 0.5) is 0 Å². The minimum atomic E-state index is -0.609. The van der Waals surface area contributed by atoms with E-state index in [9.17, 15) is 4.79 Å². The summed E-state index contributed by atoms with van der Waals surface area (Å²) in [4.78, 5) is 11.4. The number of rotatable bonds is 9. The maximum Gasteiger partial charge on any atom is 0.258 e. The summed E-state index contributed by atoms with van der Waals surface area (Å²) in [5, 5.41) is 3.28. The maximum absolute atomic E-state index is 11.4. The van der Waals surface area contributed by atoms with Crippen molar-refractivity contribution in [3.05, 3.63) is 27.7 Å². The third-order valence-electron chi connectivity index (χ3n) is 3.06. The van der Waals surface area contributed by atoms with Gasteiger partial charge in [0.2, 0.25) is 0 Å². The number of carbonyl (C=O) groups is 1. The largest absolute Gasteiger partial charge is 0.480 e. The van der Waals surface area contributed by atoms with Crippen molar-refractivity contribution in [3.8, 4) is 5.75 Å². The number of aryl methyl sites for hydroxylation is 1. The number of ether oxygens (including phenoxy) is 2. The Labute approximate surface area is 134 Å². The molecule has 21 heavy (non-hydrogen) atoms. The van der Waals surface area contributed by atoms with Crippen LogP contribution in [0.1, 0.15) is 24.5 Å². The van der Waals surface area contributed by atoms with Gasteiger partial charge < -0.3 is 20.5 Å². The lowest BCUT2D eigenvalue weighted by atomic mass is 10.1. The topological polar surface area (TPSA) is 73.6 Å². The number of halogens is 1. The number of carbonyl (C=O) groups excluding carboxylic acids is 1. The molecule has 0 saturated carbocycles. The van der Waals surface area contributed by atoms with Gasteiger partial charge in [-0.15, -0.1) is 0 Å². The summed E-state index contributed by atoms with van der Waals surface area (Å²) in [6.45, 7) is 5.84. The van der Waals surface area contributed by atoms with E-state index in [4.69, 9.17) is 15.2 Å². The number of hydrogen-bond donors (Lipinski definition) is 2. The van der Waals surface area contributed by atoms with Gasteiger partial charge in [-0.2, -0.15) is 0 Å². The molecule has 0 fully saturated rings. The van der Waals surface area contributed by atoms with Crippen LogP contribution in [0.15, 0.2) is 16.6 Å². The average Bonchev–Trinajstić information content (AvgIpc) is 2.42. The zero-order chi connectivity index (χ0) is 15.8. The van der Waals surface area contributed by atoms with E-state index in [0.29, 0.717) is 25.3 Å². The fourth-order valence-electron chi connectivity index (χ4n) is 1.98. The van der Waals surface area contributed by atoms with Crippen LogP contribution in [0.5, 0.6) is 5.75 Å². The summed E-state index contributed by atoms with van der Waals surface area (Å²) in [5.74, 6) is 0.270.